The summed E-state index contributed by atoms with van der Waals surface area (Å²) in [6, 6.07) is 6.47. The van der Waals surface area contributed by atoms with Gasteiger partial charge in [0.2, 0.25) is 11.8 Å². The van der Waals surface area contributed by atoms with Gasteiger partial charge in [-0.3, -0.25) is 24.4 Å². The Kier molecular flexibility index (Phi) is 4.37. The Morgan fingerprint density at radius 3 is 2.14 bits per heavy atom. The molecule has 1 saturated heterocycles. The van der Waals surface area contributed by atoms with Crippen LogP contribution in [-0.2, 0) is 16.1 Å². The summed E-state index contributed by atoms with van der Waals surface area (Å²) >= 11 is 5.78. The van der Waals surface area contributed by atoms with E-state index in [1.807, 2.05) is 12.1 Å². The summed E-state index contributed by atoms with van der Waals surface area (Å²) in [5.41, 5.74) is 0.907. The van der Waals surface area contributed by atoms with Crippen molar-refractivity contribution in [2.24, 2.45) is 10.9 Å². The van der Waals surface area contributed by atoms with Crippen LogP contribution in [0.15, 0.2) is 29.3 Å². The molecular weight excluding hydrogens is 294 g/mol. The lowest BCUT2D eigenvalue weighted by Crippen LogP contribution is -2.57. The molecule has 0 spiro atoms. The summed E-state index contributed by atoms with van der Waals surface area (Å²) in [6.45, 7) is 0.329. The molecule has 0 unspecified atom stereocenters. The number of rotatable bonds is 3. The van der Waals surface area contributed by atoms with E-state index in [4.69, 9.17) is 11.6 Å². The third-order valence-electron chi connectivity index (χ3n) is 3.21. The molecule has 1 heterocycles. The lowest BCUT2D eigenvalue weighted by molar-refractivity contribution is -0.144. The first kappa shape index (κ1) is 15.2. The molecule has 4 amide bonds. The molecule has 0 atom stereocenters. The summed E-state index contributed by atoms with van der Waals surface area (Å²) in [5, 5.41) is 0.627. The number of hydrogen-bond acceptors (Lipinski definition) is 4. The molecule has 21 heavy (non-hydrogen) atoms. The fourth-order valence-electron chi connectivity index (χ4n) is 1.92. The zero-order chi connectivity index (χ0) is 15.6. The standard InChI is InChI=1S/C14H14ClN3O3/c1-17-12(19)11(13(20)18(2)14(17)21)8-16-7-9-3-5-10(15)6-4-9/h3-6,8,11H,7H2,1-2H3. The number of aliphatic imine (C=N–C) groups is 1. The van der Waals surface area contributed by atoms with Crippen molar-refractivity contribution in [2.45, 2.75) is 6.54 Å². The normalized spacial score (nSPS) is 17.2. The van der Waals surface area contributed by atoms with E-state index in [1.165, 1.54) is 20.3 Å². The molecule has 1 aromatic carbocycles. The van der Waals surface area contributed by atoms with Crippen LogP contribution in [0, 0.1) is 5.92 Å². The average molecular weight is 308 g/mol. The van der Waals surface area contributed by atoms with Crippen LogP contribution in [0.2, 0.25) is 5.02 Å². The summed E-state index contributed by atoms with van der Waals surface area (Å²) in [4.78, 5) is 41.4. The second kappa shape index (κ2) is 6.05. The number of nitrogens with zero attached hydrogens (tertiary/aromatic N) is 3. The molecule has 0 aliphatic carbocycles. The highest BCUT2D eigenvalue weighted by atomic mass is 35.5. The first-order valence-electron chi connectivity index (χ1n) is 6.25. The van der Waals surface area contributed by atoms with Crippen molar-refractivity contribution in [1.82, 2.24) is 9.80 Å². The summed E-state index contributed by atoms with van der Waals surface area (Å²) in [7, 11) is 2.68. The van der Waals surface area contributed by atoms with Crippen LogP contribution >= 0.6 is 11.6 Å². The second-order valence-corrected chi connectivity index (χ2v) is 5.11. The predicted molar refractivity (Wildman–Crippen MR) is 78.1 cm³/mol. The number of benzene rings is 1. The average Bonchev–Trinajstić information content (AvgIpc) is 2.48. The van der Waals surface area contributed by atoms with E-state index in [0.717, 1.165) is 15.4 Å². The maximum atomic E-state index is 11.9. The maximum Gasteiger partial charge on any atom is 0.332 e. The van der Waals surface area contributed by atoms with E-state index in [0.29, 0.717) is 11.6 Å². The van der Waals surface area contributed by atoms with Gasteiger partial charge < -0.3 is 0 Å². The van der Waals surface area contributed by atoms with Gasteiger partial charge >= 0.3 is 6.03 Å². The van der Waals surface area contributed by atoms with Gasteiger partial charge in [-0.15, -0.1) is 0 Å². The number of urea groups is 1. The topological polar surface area (TPSA) is 70.1 Å². The summed E-state index contributed by atoms with van der Waals surface area (Å²) < 4.78 is 0. The van der Waals surface area contributed by atoms with Crippen LogP contribution in [0.1, 0.15) is 5.56 Å². The molecule has 0 bridgehead atoms. The van der Waals surface area contributed by atoms with Crippen LogP contribution in [-0.4, -0.2) is 48.0 Å². The Morgan fingerprint density at radius 2 is 1.62 bits per heavy atom. The van der Waals surface area contributed by atoms with Gasteiger partial charge in [0.05, 0.1) is 6.54 Å². The minimum atomic E-state index is -1.05. The minimum Gasteiger partial charge on any atom is -0.291 e. The molecule has 1 aromatic rings. The van der Waals surface area contributed by atoms with Gasteiger partial charge in [0.25, 0.3) is 0 Å². The van der Waals surface area contributed by atoms with Crippen molar-refractivity contribution >= 4 is 35.7 Å². The molecule has 0 aromatic heterocycles. The Hall–Kier alpha value is -2.21. The van der Waals surface area contributed by atoms with E-state index in [1.54, 1.807) is 12.1 Å². The quantitative estimate of drug-likeness (QED) is 0.629. The number of carbonyl (C=O) groups is 3. The predicted octanol–water partition coefficient (Wildman–Crippen LogP) is 1.58. The van der Waals surface area contributed by atoms with Crippen molar-refractivity contribution in [3.63, 3.8) is 0 Å². The SMILES string of the molecule is CN1C(=O)C(C=NCc2ccc(Cl)cc2)C(=O)N(C)C1=O. The molecule has 7 heteroatoms. The molecule has 0 N–H and O–H groups in total. The molecular formula is C14H14ClN3O3. The lowest BCUT2D eigenvalue weighted by atomic mass is 10.1. The van der Waals surface area contributed by atoms with E-state index in [9.17, 15) is 14.4 Å². The lowest BCUT2D eigenvalue weighted by Gasteiger charge is -2.31. The van der Waals surface area contributed by atoms with Gasteiger partial charge in [-0.2, -0.15) is 0 Å². The highest BCUT2D eigenvalue weighted by Crippen LogP contribution is 2.14. The fourth-order valence-corrected chi connectivity index (χ4v) is 2.04. The maximum absolute atomic E-state index is 11.9. The van der Waals surface area contributed by atoms with Crippen molar-refractivity contribution in [3.8, 4) is 0 Å². The molecule has 1 aliphatic heterocycles. The zero-order valence-electron chi connectivity index (χ0n) is 11.6. The summed E-state index contributed by atoms with van der Waals surface area (Å²) in [5.74, 6) is -2.18. The van der Waals surface area contributed by atoms with E-state index >= 15 is 0 Å². The third-order valence-corrected chi connectivity index (χ3v) is 3.46. The Bertz CT molecular complexity index is 588. The third kappa shape index (κ3) is 3.11. The fraction of sp³-hybridized carbons (Fsp3) is 0.286. The molecule has 110 valence electrons. The smallest absolute Gasteiger partial charge is 0.291 e. The molecule has 0 radical (unpaired) electrons. The monoisotopic (exact) mass is 307 g/mol. The number of imide groups is 2. The van der Waals surface area contributed by atoms with Gasteiger partial charge in [0, 0.05) is 25.3 Å². The number of carbonyl (C=O) groups excluding carboxylic acids is 3. The Morgan fingerprint density at radius 1 is 1.10 bits per heavy atom. The van der Waals surface area contributed by atoms with Gasteiger partial charge in [-0.1, -0.05) is 23.7 Å². The zero-order valence-corrected chi connectivity index (χ0v) is 12.4. The van der Waals surface area contributed by atoms with Gasteiger partial charge in [0.1, 0.15) is 0 Å². The second-order valence-electron chi connectivity index (χ2n) is 4.67. The largest absolute Gasteiger partial charge is 0.332 e. The summed E-state index contributed by atoms with van der Waals surface area (Å²) in [6.07, 6.45) is 1.29. The molecule has 1 fully saturated rings. The minimum absolute atomic E-state index is 0.329. The Balaban J connectivity index is 2.08. The Labute approximate surface area is 127 Å². The molecule has 2 rings (SSSR count). The van der Waals surface area contributed by atoms with E-state index < -0.39 is 23.8 Å². The number of hydrogen-bond donors (Lipinski definition) is 0. The highest BCUT2D eigenvalue weighted by Gasteiger charge is 2.41. The van der Waals surface area contributed by atoms with Crippen molar-refractivity contribution in [2.75, 3.05) is 14.1 Å². The van der Waals surface area contributed by atoms with Gasteiger partial charge in [0.15, 0.2) is 5.92 Å². The van der Waals surface area contributed by atoms with Crippen LogP contribution in [0.5, 0.6) is 0 Å². The first-order valence-corrected chi connectivity index (χ1v) is 6.63. The van der Waals surface area contributed by atoms with Crippen LogP contribution in [0.3, 0.4) is 0 Å². The van der Waals surface area contributed by atoms with Crippen molar-refractivity contribution < 1.29 is 14.4 Å². The van der Waals surface area contributed by atoms with E-state index in [2.05, 4.69) is 4.99 Å². The first-order chi connectivity index (χ1) is 9.91. The highest BCUT2D eigenvalue weighted by molar-refractivity contribution is 6.30. The van der Waals surface area contributed by atoms with Crippen molar-refractivity contribution in [1.29, 1.82) is 0 Å². The van der Waals surface area contributed by atoms with Crippen LogP contribution in [0.25, 0.3) is 0 Å². The van der Waals surface area contributed by atoms with Crippen molar-refractivity contribution in [3.05, 3.63) is 34.9 Å². The number of barbiturate groups is 1. The van der Waals surface area contributed by atoms with Crippen LogP contribution < -0.4 is 0 Å². The molecule has 1 aliphatic rings. The number of halogens is 1. The molecule has 6 nitrogen and oxygen atoms in total. The van der Waals surface area contributed by atoms with E-state index in [-0.39, 0.29) is 0 Å². The molecule has 0 saturated carbocycles. The van der Waals surface area contributed by atoms with Gasteiger partial charge in [-0.05, 0) is 17.7 Å². The van der Waals surface area contributed by atoms with Crippen LogP contribution in [0.4, 0.5) is 4.79 Å². The van der Waals surface area contributed by atoms with Gasteiger partial charge in [-0.25, -0.2) is 4.79 Å². The number of amides is 4.